The van der Waals surface area contributed by atoms with Gasteiger partial charge in [-0.1, -0.05) is 56.7 Å². The first-order chi connectivity index (χ1) is 16.1. The second kappa shape index (κ2) is 23.1. The topological polar surface area (TPSA) is 60.4 Å². The Morgan fingerprint density at radius 2 is 1.30 bits per heavy atom. The molecule has 6 heteroatoms. The smallest absolute Gasteiger partial charge is 0.119 e. The number of methoxy groups -OCH3 is 2. The van der Waals surface area contributed by atoms with E-state index in [0.29, 0.717) is 13.2 Å². The van der Waals surface area contributed by atoms with E-state index in [1.165, 1.54) is 6.42 Å². The maximum atomic E-state index is 8.39. The largest absolute Gasteiger partial charge is 0.494 e. The number of hydrogen-bond acceptors (Lipinski definition) is 6. The minimum absolute atomic E-state index is 0.216. The third kappa shape index (κ3) is 20.2. The highest BCUT2D eigenvalue weighted by molar-refractivity contribution is 5.21. The van der Waals surface area contributed by atoms with E-state index in [9.17, 15) is 0 Å². The molecule has 0 bridgehead atoms. The van der Waals surface area contributed by atoms with Gasteiger partial charge in [0, 0.05) is 39.8 Å². The molecule has 33 heavy (non-hydrogen) atoms. The molecule has 0 fully saturated rings. The second-order valence-electron chi connectivity index (χ2n) is 7.72. The van der Waals surface area contributed by atoms with Crippen LogP contribution in [0.3, 0.4) is 0 Å². The monoisotopic (exact) mass is 463 g/mol. The summed E-state index contributed by atoms with van der Waals surface area (Å²) in [5.74, 6) is 2.18. The molecule has 0 radical (unpaired) electrons. The van der Waals surface area contributed by atoms with Crippen molar-refractivity contribution in [3.8, 4) is 11.5 Å². The van der Waals surface area contributed by atoms with Gasteiger partial charge in [0.25, 0.3) is 0 Å². The van der Waals surface area contributed by atoms with Gasteiger partial charge in [0.15, 0.2) is 0 Å². The van der Waals surface area contributed by atoms with Crippen LogP contribution in [0.4, 0.5) is 0 Å². The van der Waals surface area contributed by atoms with Crippen molar-refractivity contribution < 1.29 is 24.1 Å². The van der Waals surface area contributed by atoms with Gasteiger partial charge in [-0.15, -0.1) is 0 Å². The molecule has 0 spiro atoms. The zero-order chi connectivity index (χ0) is 24.6. The van der Waals surface area contributed by atoms with Crippen LogP contribution in [0, 0.1) is 5.92 Å². The molecule has 6 nitrogen and oxygen atoms in total. The fraction of sp³-hybridized carbons (Fsp3) is 0.556. The van der Waals surface area contributed by atoms with Gasteiger partial charge in [0.1, 0.15) is 18.1 Å². The summed E-state index contributed by atoms with van der Waals surface area (Å²) in [5.41, 5.74) is 0. The Hall–Kier alpha value is -2.12. The molecule has 0 saturated carbocycles. The lowest BCUT2D eigenvalue weighted by Gasteiger charge is -2.16. The van der Waals surface area contributed by atoms with E-state index in [2.05, 4.69) is 18.9 Å². The summed E-state index contributed by atoms with van der Waals surface area (Å²) in [6, 6.07) is 19.8. The molecule has 1 unspecified atom stereocenters. The molecule has 0 amide bonds. The number of hydrogen-bond donors (Lipinski definition) is 1. The third-order valence-corrected chi connectivity index (χ3v) is 4.43. The highest BCUT2D eigenvalue weighted by Crippen LogP contribution is 2.08. The van der Waals surface area contributed by atoms with Crippen LogP contribution in [0.5, 0.6) is 11.5 Å². The predicted octanol–water partition coefficient (Wildman–Crippen LogP) is 4.77. The summed E-state index contributed by atoms with van der Waals surface area (Å²) in [5, 5.41) is 8.39. The Morgan fingerprint density at radius 3 is 1.73 bits per heavy atom. The van der Waals surface area contributed by atoms with E-state index < -0.39 is 0 Å². The number of aliphatic hydroxyl groups is 1. The maximum absolute atomic E-state index is 8.39. The van der Waals surface area contributed by atoms with E-state index in [4.69, 9.17) is 24.1 Å². The van der Waals surface area contributed by atoms with Crippen molar-refractivity contribution in [1.82, 2.24) is 4.90 Å². The van der Waals surface area contributed by atoms with Crippen LogP contribution < -0.4 is 9.47 Å². The van der Waals surface area contributed by atoms with Crippen LogP contribution in [-0.4, -0.2) is 77.4 Å². The second-order valence-corrected chi connectivity index (χ2v) is 7.72. The van der Waals surface area contributed by atoms with E-state index in [1.807, 2.05) is 67.6 Å². The van der Waals surface area contributed by atoms with Crippen LogP contribution in [0.15, 0.2) is 60.7 Å². The lowest BCUT2D eigenvalue weighted by Crippen LogP contribution is -2.27. The van der Waals surface area contributed by atoms with E-state index in [-0.39, 0.29) is 12.5 Å². The summed E-state index contributed by atoms with van der Waals surface area (Å²) in [6.07, 6.45) is 2.32. The summed E-state index contributed by atoms with van der Waals surface area (Å²) in [7, 11) is 5.41. The van der Waals surface area contributed by atoms with Gasteiger partial charge in [0.05, 0.1) is 19.8 Å². The highest BCUT2D eigenvalue weighted by Gasteiger charge is 1.98. The van der Waals surface area contributed by atoms with Crippen LogP contribution in [0.1, 0.15) is 26.7 Å². The van der Waals surface area contributed by atoms with E-state index in [1.54, 1.807) is 14.2 Å². The quantitative estimate of drug-likeness (QED) is 0.407. The van der Waals surface area contributed by atoms with Crippen molar-refractivity contribution in [1.29, 1.82) is 0 Å². The van der Waals surface area contributed by atoms with Crippen LogP contribution in [0.25, 0.3) is 0 Å². The molecule has 0 saturated heterocycles. The molecule has 0 aliphatic carbocycles. The van der Waals surface area contributed by atoms with Gasteiger partial charge in [-0.2, -0.15) is 0 Å². The number of nitrogens with zero attached hydrogens (tertiary/aromatic N) is 1. The molecule has 2 aromatic rings. The van der Waals surface area contributed by atoms with Crippen LogP contribution in [-0.2, 0) is 9.47 Å². The number of benzene rings is 2. The van der Waals surface area contributed by atoms with Crippen LogP contribution >= 0.6 is 0 Å². The van der Waals surface area contributed by atoms with Crippen molar-refractivity contribution in [3.05, 3.63) is 60.7 Å². The number of ether oxygens (including phenoxy) is 4. The van der Waals surface area contributed by atoms with Gasteiger partial charge >= 0.3 is 0 Å². The van der Waals surface area contributed by atoms with Crippen LogP contribution in [0.2, 0.25) is 0 Å². The Morgan fingerprint density at radius 1 is 0.788 bits per heavy atom. The zero-order valence-corrected chi connectivity index (χ0v) is 21.2. The number of likely N-dealkylation sites (N-methyl/N-ethyl adjacent to an activating group) is 1. The molecule has 0 aromatic heterocycles. The third-order valence-electron chi connectivity index (χ3n) is 4.43. The molecule has 1 N–H and O–H groups in total. The standard InChI is InChI=1S/C12H19NO2.C10H14O.C5H12O2/c1-13(8-10-14-2)9-11-15-12-6-4-3-5-7-12;1-2-3-9-11-10-7-5-4-6-8-10;1-5(3-6)4-7-2/h3-7H,8-11H2,1-2H3;4-8H,2-3,9H2,1H3;5-6H,3-4H2,1-2H3. The van der Waals surface area contributed by atoms with Crippen molar-refractivity contribution in [2.24, 2.45) is 5.92 Å². The minimum atomic E-state index is 0.216. The highest BCUT2D eigenvalue weighted by atomic mass is 16.5. The molecule has 2 rings (SSSR count). The number of aliphatic hydroxyl groups excluding tert-OH is 1. The minimum Gasteiger partial charge on any atom is -0.494 e. The lowest BCUT2D eigenvalue weighted by molar-refractivity contribution is 0.119. The van der Waals surface area contributed by atoms with Crippen molar-refractivity contribution >= 4 is 0 Å². The fourth-order valence-electron chi connectivity index (χ4n) is 2.38. The Bertz CT molecular complexity index is 627. The van der Waals surface area contributed by atoms with Gasteiger partial charge in [0.2, 0.25) is 0 Å². The fourth-order valence-corrected chi connectivity index (χ4v) is 2.38. The normalized spacial score (nSPS) is 11.0. The average Bonchev–Trinajstić information content (AvgIpc) is 2.85. The summed E-state index contributed by atoms with van der Waals surface area (Å²) in [6.45, 7) is 9.13. The lowest BCUT2D eigenvalue weighted by atomic mass is 10.2. The molecule has 0 heterocycles. The molecular formula is C27H45NO5. The molecular weight excluding hydrogens is 418 g/mol. The Balaban J connectivity index is 0.000000501. The number of unbranched alkanes of at least 4 members (excludes halogenated alkanes) is 1. The number of para-hydroxylation sites is 2. The van der Waals surface area contributed by atoms with Gasteiger partial charge in [-0.3, -0.25) is 0 Å². The average molecular weight is 464 g/mol. The molecule has 188 valence electrons. The number of rotatable bonds is 14. The van der Waals surface area contributed by atoms with E-state index in [0.717, 1.165) is 44.2 Å². The zero-order valence-electron chi connectivity index (χ0n) is 21.2. The maximum Gasteiger partial charge on any atom is 0.119 e. The first-order valence-electron chi connectivity index (χ1n) is 11.7. The first-order valence-corrected chi connectivity index (χ1v) is 11.7. The van der Waals surface area contributed by atoms with Gasteiger partial charge in [-0.05, 0) is 37.7 Å². The van der Waals surface area contributed by atoms with Crippen molar-refractivity contribution in [2.45, 2.75) is 26.7 Å². The Kier molecular flexibility index (Phi) is 21.6. The molecule has 1 atom stereocenters. The summed E-state index contributed by atoms with van der Waals surface area (Å²) in [4.78, 5) is 2.19. The van der Waals surface area contributed by atoms with E-state index >= 15 is 0 Å². The Labute approximate surface area is 201 Å². The van der Waals surface area contributed by atoms with Crippen molar-refractivity contribution in [2.75, 3.05) is 67.4 Å². The molecule has 2 aromatic carbocycles. The molecule has 0 aliphatic rings. The van der Waals surface area contributed by atoms with Gasteiger partial charge in [-0.25, -0.2) is 0 Å². The summed E-state index contributed by atoms with van der Waals surface area (Å²) < 4.78 is 20.7. The first kappa shape index (κ1) is 30.9. The predicted molar refractivity (Wildman–Crippen MR) is 136 cm³/mol. The SMILES string of the molecule is CCCCOc1ccccc1.COCC(C)CO.COCCN(C)CCOc1ccccc1. The summed E-state index contributed by atoms with van der Waals surface area (Å²) >= 11 is 0. The van der Waals surface area contributed by atoms with Gasteiger partial charge < -0.3 is 29.0 Å². The van der Waals surface area contributed by atoms with Crippen molar-refractivity contribution in [3.63, 3.8) is 0 Å². The molecule has 0 aliphatic heterocycles.